The van der Waals surface area contributed by atoms with Crippen LogP contribution in [0.5, 0.6) is 0 Å². The normalized spacial score (nSPS) is 11.8. The van der Waals surface area contributed by atoms with Gasteiger partial charge in [-0.15, -0.1) is 0 Å². The highest BCUT2D eigenvalue weighted by Crippen LogP contribution is 2.27. The fraction of sp³-hybridized carbons (Fsp3) is 0.0833. The molecule has 0 saturated carbocycles. The van der Waals surface area contributed by atoms with Gasteiger partial charge in [0.25, 0.3) is 0 Å². The van der Waals surface area contributed by atoms with Gasteiger partial charge in [-0.1, -0.05) is 12.1 Å². The Morgan fingerprint density at radius 3 is 2.63 bits per heavy atom. The Kier molecular flexibility index (Phi) is 3.53. The highest BCUT2D eigenvalue weighted by molar-refractivity contribution is 7.84. The molecule has 2 aromatic rings. The number of nitrogens with two attached hydrogens (primary N) is 1. The Morgan fingerprint density at radius 1 is 1.37 bits per heavy atom. The molecular formula is C12H9FN4OS. The molecular weight excluding hydrogens is 267 g/mol. The third-order valence-electron chi connectivity index (χ3n) is 2.41. The number of nitrogen functional groups attached to an aromatic ring is 1. The number of nitriles is 1. The molecule has 7 heteroatoms. The minimum atomic E-state index is -1.52. The number of hydrogen-bond acceptors (Lipinski definition) is 5. The summed E-state index contributed by atoms with van der Waals surface area (Å²) in [6, 6.07) is 7.71. The number of aromatic nitrogens is 2. The molecule has 0 aliphatic carbocycles. The number of anilines is 1. The van der Waals surface area contributed by atoms with Crippen LogP contribution in [0.25, 0.3) is 11.3 Å². The van der Waals surface area contributed by atoms with E-state index in [4.69, 9.17) is 11.0 Å². The van der Waals surface area contributed by atoms with Crippen LogP contribution in [0.4, 0.5) is 10.3 Å². The lowest BCUT2D eigenvalue weighted by molar-refractivity contribution is 0.630. The maximum Gasteiger partial charge on any atom is 0.221 e. The van der Waals surface area contributed by atoms with E-state index in [1.807, 2.05) is 6.07 Å². The second kappa shape index (κ2) is 5.12. The molecule has 0 aliphatic heterocycles. The summed E-state index contributed by atoms with van der Waals surface area (Å²) < 4.78 is 25.3. The van der Waals surface area contributed by atoms with Crippen LogP contribution >= 0.6 is 0 Å². The van der Waals surface area contributed by atoms with Crippen LogP contribution in [0.1, 0.15) is 5.56 Å². The topological polar surface area (TPSA) is 92.7 Å². The van der Waals surface area contributed by atoms with E-state index in [-0.39, 0.29) is 27.8 Å². The predicted octanol–water partition coefficient (Wildman–Crippen LogP) is 1.47. The summed E-state index contributed by atoms with van der Waals surface area (Å²) in [6.07, 6.45) is 1.37. The SMILES string of the molecule is CS(=O)c1nc(N)nc(-c2ccccc2F)c1C#N. The van der Waals surface area contributed by atoms with Gasteiger partial charge in [0.1, 0.15) is 17.4 Å². The zero-order valence-electron chi connectivity index (χ0n) is 9.92. The molecule has 1 aromatic carbocycles. The van der Waals surface area contributed by atoms with Crippen LogP contribution in [0, 0.1) is 17.1 Å². The first-order chi connectivity index (χ1) is 9.04. The van der Waals surface area contributed by atoms with Crippen LogP contribution < -0.4 is 5.73 Å². The lowest BCUT2D eigenvalue weighted by Gasteiger charge is -2.08. The summed E-state index contributed by atoms with van der Waals surface area (Å²) in [7, 11) is -1.52. The summed E-state index contributed by atoms with van der Waals surface area (Å²) in [5.74, 6) is -0.688. The van der Waals surface area contributed by atoms with E-state index in [9.17, 15) is 8.60 Å². The van der Waals surface area contributed by atoms with Crippen LogP contribution in [0.15, 0.2) is 29.3 Å². The molecule has 96 valence electrons. The zero-order chi connectivity index (χ0) is 14.0. The molecule has 2 N–H and O–H groups in total. The average molecular weight is 276 g/mol. The van der Waals surface area contributed by atoms with Crippen molar-refractivity contribution in [2.24, 2.45) is 0 Å². The highest BCUT2D eigenvalue weighted by Gasteiger charge is 2.19. The smallest absolute Gasteiger partial charge is 0.221 e. The standard InChI is InChI=1S/C12H9FN4OS/c1-19(18)11-8(6-14)10(16-12(15)17-11)7-4-2-3-5-9(7)13/h2-5H,1H3,(H2,15,16,17). The van der Waals surface area contributed by atoms with Crippen molar-refractivity contribution in [3.05, 3.63) is 35.6 Å². The molecule has 0 aliphatic rings. The van der Waals surface area contributed by atoms with E-state index in [0.29, 0.717) is 0 Å². The summed E-state index contributed by atoms with van der Waals surface area (Å²) in [4.78, 5) is 7.67. The van der Waals surface area contributed by atoms with Crippen LogP contribution in [0.2, 0.25) is 0 Å². The molecule has 0 bridgehead atoms. The van der Waals surface area contributed by atoms with Crippen molar-refractivity contribution >= 4 is 16.7 Å². The summed E-state index contributed by atoms with van der Waals surface area (Å²) in [5.41, 5.74) is 5.67. The van der Waals surface area contributed by atoms with Gasteiger partial charge in [0.05, 0.1) is 16.5 Å². The number of benzene rings is 1. The fourth-order valence-electron chi connectivity index (χ4n) is 1.61. The molecule has 0 fully saturated rings. The maximum atomic E-state index is 13.8. The Bertz CT molecular complexity index is 711. The van der Waals surface area contributed by atoms with Gasteiger partial charge in [-0.25, -0.2) is 14.4 Å². The molecule has 2 rings (SSSR count). The predicted molar refractivity (Wildman–Crippen MR) is 68.9 cm³/mol. The third-order valence-corrected chi connectivity index (χ3v) is 3.25. The number of rotatable bonds is 2. The Hall–Kier alpha value is -2.33. The van der Waals surface area contributed by atoms with Gasteiger partial charge in [-0.2, -0.15) is 5.26 Å². The highest BCUT2D eigenvalue weighted by atomic mass is 32.2. The van der Waals surface area contributed by atoms with Crippen molar-refractivity contribution < 1.29 is 8.60 Å². The average Bonchev–Trinajstić information content (AvgIpc) is 2.38. The maximum absolute atomic E-state index is 13.8. The van der Waals surface area contributed by atoms with Crippen LogP contribution in [0.3, 0.4) is 0 Å². The largest absolute Gasteiger partial charge is 0.368 e. The van der Waals surface area contributed by atoms with Crippen molar-refractivity contribution in [1.82, 2.24) is 9.97 Å². The van der Waals surface area contributed by atoms with Gasteiger partial charge in [0, 0.05) is 11.8 Å². The zero-order valence-corrected chi connectivity index (χ0v) is 10.7. The number of hydrogen-bond donors (Lipinski definition) is 1. The second-order valence-electron chi connectivity index (χ2n) is 3.66. The molecule has 0 saturated heterocycles. The van der Waals surface area contributed by atoms with Crippen LogP contribution in [-0.4, -0.2) is 20.4 Å². The molecule has 19 heavy (non-hydrogen) atoms. The molecule has 0 amide bonds. The van der Waals surface area contributed by atoms with E-state index < -0.39 is 16.6 Å². The summed E-state index contributed by atoms with van der Waals surface area (Å²) in [5, 5.41) is 9.17. The molecule has 1 aromatic heterocycles. The minimum Gasteiger partial charge on any atom is -0.368 e. The van der Waals surface area contributed by atoms with Crippen molar-refractivity contribution in [1.29, 1.82) is 5.26 Å². The van der Waals surface area contributed by atoms with Crippen molar-refractivity contribution in [2.45, 2.75) is 5.03 Å². The lowest BCUT2D eigenvalue weighted by Crippen LogP contribution is -2.07. The first kappa shape index (κ1) is 13.1. The molecule has 1 heterocycles. The molecule has 0 spiro atoms. The van der Waals surface area contributed by atoms with Gasteiger partial charge in [0.15, 0.2) is 5.03 Å². The first-order valence-corrected chi connectivity index (χ1v) is 6.76. The van der Waals surface area contributed by atoms with Crippen molar-refractivity contribution in [3.63, 3.8) is 0 Å². The van der Waals surface area contributed by atoms with Crippen LogP contribution in [-0.2, 0) is 10.8 Å². The first-order valence-electron chi connectivity index (χ1n) is 5.20. The van der Waals surface area contributed by atoms with Crippen molar-refractivity contribution in [2.75, 3.05) is 12.0 Å². The fourth-order valence-corrected chi connectivity index (χ4v) is 2.27. The minimum absolute atomic E-state index is 0.00764. The van der Waals surface area contributed by atoms with E-state index >= 15 is 0 Å². The van der Waals surface area contributed by atoms with Gasteiger partial charge >= 0.3 is 0 Å². The summed E-state index contributed by atoms with van der Waals surface area (Å²) >= 11 is 0. The van der Waals surface area contributed by atoms with E-state index in [1.165, 1.54) is 24.5 Å². The monoisotopic (exact) mass is 276 g/mol. The number of halogens is 1. The Labute approximate surface area is 111 Å². The van der Waals surface area contributed by atoms with Gasteiger partial charge in [0.2, 0.25) is 5.95 Å². The number of nitrogens with zero attached hydrogens (tertiary/aromatic N) is 3. The third kappa shape index (κ3) is 2.44. The van der Waals surface area contributed by atoms with Gasteiger partial charge in [-0.05, 0) is 12.1 Å². The van der Waals surface area contributed by atoms with E-state index in [2.05, 4.69) is 9.97 Å². The quantitative estimate of drug-likeness (QED) is 0.838. The molecule has 1 unspecified atom stereocenters. The second-order valence-corrected chi connectivity index (χ2v) is 4.95. The molecule has 1 atom stereocenters. The Morgan fingerprint density at radius 2 is 2.05 bits per heavy atom. The van der Waals surface area contributed by atoms with E-state index in [1.54, 1.807) is 6.07 Å². The van der Waals surface area contributed by atoms with Gasteiger partial charge < -0.3 is 5.73 Å². The molecule has 5 nitrogen and oxygen atoms in total. The van der Waals surface area contributed by atoms with E-state index in [0.717, 1.165) is 0 Å². The Balaban J connectivity index is 2.81. The molecule has 0 radical (unpaired) electrons. The van der Waals surface area contributed by atoms with Gasteiger partial charge in [-0.3, -0.25) is 4.21 Å². The van der Waals surface area contributed by atoms with Crippen molar-refractivity contribution in [3.8, 4) is 17.3 Å². The summed E-state index contributed by atoms with van der Waals surface area (Å²) in [6.45, 7) is 0. The lowest BCUT2D eigenvalue weighted by atomic mass is 10.1.